The van der Waals surface area contributed by atoms with E-state index in [0.717, 1.165) is 19.8 Å². The zero-order valence-electron chi connectivity index (χ0n) is 10.9. The van der Waals surface area contributed by atoms with Gasteiger partial charge in [0.2, 0.25) is 0 Å². The van der Waals surface area contributed by atoms with Crippen LogP contribution in [0.15, 0.2) is 24.3 Å². The van der Waals surface area contributed by atoms with Gasteiger partial charge in [-0.15, -0.1) is 0 Å². The van der Waals surface area contributed by atoms with Gasteiger partial charge in [0.1, 0.15) is 0 Å². The summed E-state index contributed by atoms with van der Waals surface area (Å²) in [4.78, 5) is 0. The number of hydrogen-bond acceptors (Lipinski definition) is 2. The van der Waals surface area contributed by atoms with Crippen LogP contribution in [0.3, 0.4) is 0 Å². The SMILES string of the molecule is CCOCC(NCc1ccc(I)cc1)C(C)C. The average molecular weight is 347 g/mol. The summed E-state index contributed by atoms with van der Waals surface area (Å²) in [5.41, 5.74) is 1.33. The molecule has 1 aromatic rings. The molecule has 17 heavy (non-hydrogen) atoms. The molecule has 1 N–H and O–H groups in total. The first-order valence-electron chi connectivity index (χ1n) is 6.19. The third-order valence-electron chi connectivity index (χ3n) is 2.79. The quantitative estimate of drug-likeness (QED) is 0.763. The van der Waals surface area contributed by atoms with E-state index < -0.39 is 0 Å². The highest BCUT2D eigenvalue weighted by atomic mass is 127. The van der Waals surface area contributed by atoms with Crippen molar-refractivity contribution in [1.29, 1.82) is 0 Å². The Morgan fingerprint density at radius 1 is 1.24 bits per heavy atom. The van der Waals surface area contributed by atoms with Crippen molar-refractivity contribution in [2.45, 2.75) is 33.4 Å². The van der Waals surface area contributed by atoms with E-state index in [-0.39, 0.29) is 0 Å². The number of ether oxygens (including phenoxy) is 1. The highest BCUT2D eigenvalue weighted by molar-refractivity contribution is 14.1. The summed E-state index contributed by atoms with van der Waals surface area (Å²) in [6.07, 6.45) is 0. The van der Waals surface area contributed by atoms with E-state index in [9.17, 15) is 0 Å². The van der Waals surface area contributed by atoms with E-state index in [4.69, 9.17) is 4.74 Å². The molecule has 1 atom stereocenters. The lowest BCUT2D eigenvalue weighted by Gasteiger charge is -2.22. The van der Waals surface area contributed by atoms with Crippen molar-refractivity contribution in [3.05, 3.63) is 33.4 Å². The molecule has 0 fully saturated rings. The van der Waals surface area contributed by atoms with Crippen LogP contribution < -0.4 is 5.32 Å². The summed E-state index contributed by atoms with van der Waals surface area (Å²) in [6, 6.07) is 9.06. The molecule has 0 heterocycles. The van der Waals surface area contributed by atoms with E-state index in [0.29, 0.717) is 12.0 Å². The third-order valence-corrected chi connectivity index (χ3v) is 3.51. The van der Waals surface area contributed by atoms with Gasteiger partial charge in [-0.2, -0.15) is 0 Å². The maximum absolute atomic E-state index is 5.50. The molecule has 0 spiro atoms. The topological polar surface area (TPSA) is 21.3 Å². The molecular weight excluding hydrogens is 325 g/mol. The van der Waals surface area contributed by atoms with Crippen molar-refractivity contribution in [2.24, 2.45) is 5.92 Å². The summed E-state index contributed by atoms with van der Waals surface area (Å²) in [6.45, 7) is 8.98. The van der Waals surface area contributed by atoms with Crippen LogP contribution in [-0.2, 0) is 11.3 Å². The second-order valence-electron chi connectivity index (χ2n) is 4.52. The van der Waals surface area contributed by atoms with Crippen LogP contribution >= 0.6 is 22.6 Å². The lowest BCUT2D eigenvalue weighted by molar-refractivity contribution is 0.108. The molecule has 0 aliphatic carbocycles. The fourth-order valence-electron chi connectivity index (χ4n) is 1.58. The first-order valence-corrected chi connectivity index (χ1v) is 7.27. The van der Waals surface area contributed by atoms with Crippen molar-refractivity contribution in [1.82, 2.24) is 5.32 Å². The van der Waals surface area contributed by atoms with Crippen molar-refractivity contribution in [3.63, 3.8) is 0 Å². The number of nitrogens with one attached hydrogen (secondary N) is 1. The minimum absolute atomic E-state index is 0.425. The summed E-state index contributed by atoms with van der Waals surface area (Å²) in [5.74, 6) is 0.588. The Labute approximate surface area is 118 Å². The Balaban J connectivity index is 2.43. The Bertz CT molecular complexity index is 311. The number of halogens is 1. The average Bonchev–Trinajstić information content (AvgIpc) is 2.31. The largest absolute Gasteiger partial charge is 0.380 e. The molecule has 1 rings (SSSR count). The molecule has 0 aliphatic rings. The minimum atomic E-state index is 0.425. The molecule has 3 heteroatoms. The van der Waals surface area contributed by atoms with Gasteiger partial charge in [-0.25, -0.2) is 0 Å². The van der Waals surface area contributed by atoms with Gasteiger partial charge in [-0.05, 0) is 53.1 Å². The molecule has 1 unspecified atom stereocenters. The second kappa shape index (κ2) is 8.06. The molecule has 0 amide bonds. The van der Waals surface area contributed by atoms with Crippen LogP contribution in [0.25, 0.3) is 0 Å². The summed E-state index contributed by atoms with van der Waals surface area (Å²) in [7, 11) is 0. The van der Waals surface area contributed by atoms with Crippen LogP contribution in [0.5, 0.6) is 0 Å². The highest BCUT2D eigenvalue weighted by Gasteiger charge is 2.12. The zero-order chi connectivity index (χ0) is 12.7. The lowest BCUT2D eigenvalue weighted by atomic mass is 10.0. The molecular formula is C14H22INO. The molecule has 0 saturated heterocycles. The van der Waals surface area contributed by atoms with Crippen molar-refractivity contribution in [3.8, 4) is 0 Å². The van der Waals surface area contributed by atoms with Crippen LogP contribution in [-0.4, -0.2) is 19.3 Å². The van der Waals surface area contributed by atoms with Gasteiger partial charge in [0.25, 0.3) is 0 Å². The van der Waals surface area contributed by atoms with Crippen LogP contribution in [0.1, 0.15) is 26.3 Å². The van der Waals surface area contributed by atoms with E-state index in [1.54, 1.807) is 0 Å². The van der Waals surface area contributed by atoms with Crippen LogP contribution in [0, 0.1) is 9.49 Å². The highest BCUT2D eigenvalue weighted by Crippen LogP contribution is 2.08. The fourth-order valence-corrected chi connectivity index (χ4v) is 1.94. The number of benzene rings is 1. The van der Waals surface area contributed by atoms with E-state index in [2.05, 4.69) is 66.0 Å². The lowest BCUT2D eigenvalue weighted by Crippen LogP contribution is -2.37. The molecule has 0 aliphatic heterocycles. The molecule has 0 aromatic heterocycles. The van der Waals surface area contributed by atoms with Crippen LogP contribution in [0.4, 0.5) is 0 Å². The predicted octanol–water partition coefficient (Wildman–Crippen LogP) is 3.44. The monoisotopic (exact) mass is 347 g/mol. The smallest absolute Gasteiger partial charge is 0.0622 e. The second-order valence-corrected chi connectivity index (χ2v) is 5.76. The first-order chi connectivity index (χ1) is 8.13. The van der Waals surface area contributed by atoms with Gasteiger partial charge < -0.3 is 10.1 Å². The Kier molecular flexibility index (Phi) is 7.08. The van der Waals surface area contributed by atoms with Gasteiger partial charge in [0, 0.05) is 22.8 Å². The third kappa shape index (κ3) is 5.84. The summed E-state index contributed by atoms with van der Waals surface area (Å²) < 4.78 is 6.78. The molecule has 2 nitrogen and oxygen atoms in total. The van der Waals surface area contributed by atoms with E-state index in [1.165, 1.54) is 9.13 Å². The summed E-state index contributed by atoms with van der Waals surface area (Å²) in [5, 5.41) is 3.56. The minimum Gasteiger partial charge on any atom is -0.380 e. The fraction of sp³-hybridized carbons (Fsp3) is 0.571. The van der Waals surface area contributed by atoms with Gasteiger partial charge in [0.15, 0.2) is 0 Å². The molecule has 0 bridgehead atoms. The van der Waals surface area contributed by atoms with E-state index in [1.807, 2.05) is 6.92 Å². The Morgan fingerprint density at radius 3 is 2.41 bits per heavy atom. The maximum Gasteiger partial charge on any atom is 0.0622 e. The zero-order valence-corrected chi connectivity index (χ0v) is 13.0. The van der Waals surface area contributed by atoms with Crippen LogP contribution in [0.2, 0.25) is 0 Å². The Hall–Kier alpha value is -0.130. The standard InChI is InChI=1S/C14H22INO/c1-4-17-10-14(11(2)3)16-9-12-5-7-13(15)8-6-12/h5-8,11,14,16H,4,9-10H2,1-3H3. The maximum atomic E-state index is 5.50. The Morgan fingerprint density at radius 2 is 1.88 bits per heavy atom. The van der Waals surface area contributed by atoms with Crippen molar-refractivity contribution < 1.29 is 4.74 Å². The van der Waals surface area contributed by atoms with Gasteiger partial charge >= 0.3 is 0 Å². The first kappa shape index (κ1) is 14.9. The normalized spacial score (nSPS) is 13.0. The number of hydrogen-bond donors (Lipinski definition) is 1. The molecule has 1 aromatic carbocycles. The molecule has 0 radical (unpaired) electrons. The van der Waals surface area contributed by atoms with Gasteiger partial charge in [0.05, 0.1) is 6.61 Å². The van der Waals surface area contributed by atoms with Gasteiger partial charge in [-0.1, -0.05) is 26.0 Å². The molecule has 0 saturated carbocycles. The molecule has 96 valence electrons. The van der Waals surface area contributed by atoms with E-state index >= 15 is 0 Å². The predicted molar refractivity (Wildman–Crippen MR) is 81.1 cm³/mol. The van der Waals surface area contributed by atoms with Crippen molar-refractivity contribution in [2.75, 3.05) is 13.2 Å². The summed E-state index contributed by atoms with van der Waals surface area (Å²) >= 11 is 2.33. The van der Waals surface area contributed by atoms with Gasteiger partial charge in [-0.3, -0.25) is 0 Å². The van der Waals surface area contributed by atoms with Crippen molar-refractivity contribution >= 4 is 22.6 Å². The number of rotatable bonds is 7.